The number of nitrogens with zero attached hydrogens (tertiary/aromatic N) is 3. The van der Waals surface area contributed by atoms with E-state index in [1.54, 1.807) is 6.07 Å². The van der Waals surface area contributed by atoms with Crippen LogP contribution < -0.4 is 5.56 Å². The number of benzene rings is 1. The lowest BCUT2D eigenvalue weighted by Gasteiger charge is -2.32. The van der Waals surface area contributed by atoms with Gasteiger partial charge in [0.15, 0.2) is 0 Å². The number of carbonyl (C=O) groups excluding carboxylic acids is 1. The number of aromatic nitrogens is 2. The number of amides is 1. The van der Waals surface area contributed by atoms with Crippen LogP contribution in [0.1, 0.15) is 46.4 Å². The van der Waals surface area contributed by atoms with E-state index < -0.39 is 17.6 Å². The summed E-state index contributed by atoms with van der Waals surface area (Å²) in [5.41, 5.74) is 0.704. The highest BCUT2D eigenvalue weighted by Gasteiger charge is 2.36. The van der Waals surface area contributed by atoms with E-state index >= 15 is 0 Å². The molecule has 4 rings (SSSR count). The van der Waals surface area contributed by atoms with Crippen LogP contribution >= 0.6 is 0 Å². The highest BCUT2D eigenvalue weighted by molar-refractivity contribution is 5.96. The molecule has 154 valence electrons. The molecule has 2 aromatic rings. The molecule has 29 heavy (non-hydrogen) atoms. The van der Waals surface area contributed by atoms with Gasteiger partial charge in [0, 0.05) is 25.7 Å². The van der Waals surface area contributed by atoms with E-state index in [0.29, 0.717) is 32.5 Å². The van der Waals surface area contributed by atoms with Gasteiger partial charge >= 0.3 is 6.18 Å². The molecule has 0 atom stereocenters. The van der Waals surface area contributed by atoms with Crippen LogP contribution in [0.4, 0.5) is 13.2 Å². The van der Waals surface area contributed by atoms with Gasteiger partial charge in [-0.1, -0.05) is 12.1 Å². The van der Waals surface area contributed by atoms with Crippen molar-refractivity contribution in [3.63, 3.8) is 0 Å². The Bertz CT molecular complexity index is 976. The van der Waals surface area contributed by atoms with Crippen molar-refractivity contribution in [2.45, 2.75) is 44.8 Å². The van der Waals surface area contributed by atoms with Gasteiger partial charge in [-0.25, -0.2) is 4.68 Å². The number of alkyl halides is 3. The molecule has 0 unspecified atom stereocenters. The fraction of sp³-hybridized carbons (Fsp3) is 0.476. The third-order valence-corrected chi connectivity index (χ3v) is 5.82. The van der Waals surface area contributed by atoms with Crippen LogP contribution in [0.5, 0.6) is 0 Å². The molecule has 1 aromatic carbocycles. The topological polar surface area (TPSA) is 55.2 Å². The van der Waals surface area contributed by atoms with Crippen LogP contribution in [-0.4, -0.2) is 33.7 Å². The first kappa shape index (κ1) is 19.7. The molecule has 0 N–H and O–H groups in total. The number of piperidine rings is 1. The number of aryl methyl sites for hydroxylation is 2. The van der Waals surface area contributed by atoms with E-state index in [9.17, 15) is 22.8 Å². The zero-order valence-electron chi connectivity index (χ0n) is 15.9. The number of carbonyl (C=O) groups is 1. The van der Waals surface area contributed by atoms with Crippen molar-refractivity contribution in [2.75, 3.05) is 13.1 Å². The van der Waals surface area contributed by atoms with E-state index in [-0.39, 0.29) is 17.0 Å². The minimum atomic E-state index is -4.56. The molecule has 1 saturated heterocycles. The summed E-state index contributed by atoms with van der Waals surface area (Å²) < 4.78 is 41.1. The summed E-state index contributed by atoms with van der Waals surface area (Å²) in [4.78, 5) is 26.4. The summed E-state index contributed by atoms with van der Waals surface area (Å²) in [5, 5.41) is 4.49. The van der Waals surface area contributed by atoms with Crippen LogP contribution in [0.3, 0.4) is 0 Å². The maximum Gasteiger partial charge on any atom is 0.417 e. The molecule has 2 heterocycles. The Morgan fingerprint density at radius 1 is 1.14 bits per heavy atom. The van der Waals surface area contributed by atoms with Gasteiger partial charge in [-0.15, -0.1) is 0 Å². The van der Waals surface area contributed by atoms with Gasteiger partial charge in [0.05, 0.1) is 16.8 Å². The Hall–Kier alpha value is -2.64. The van der Waals surface area contributed by atoms with Crippen LogP contribution in [-0.2, 0) is 25.6 Å². The first-order chi connectivity index (χ1) is 13.8. The van der Waals surface area contributed by atoms with Crippen LogP contribution in [0, 0.1) is 5.92 Å². The summed E-state index contributed by atoms with van der Waals surface area (Å²) in [6.07, 6.45) is -0.494. The van der Waals surface area contributed by atoms with Crippen LogP contribution in [0.25, 0.3) is 0 Å². The van der Waals surface area contributed by atoms with Gasteiger partial charge in [-0.3, -0.25) is 9.59 Å². The molecule has 1 amide bonds. The molecule has 0 radical (unpaired) electrons. The molecule has 0 saturated carbocycles. The molecule has 2 aliphatic rings. The largest absolute Gasteiger partial charge is 0.417 e. The third-order valence-electron chi connectivity index (χ3n) is 5.82. The Morgan fingerprint density at radius 2 is 1.86 bits per heavy atom. The second-order valence-electron chi connectivity index (χ2n) is 7.77. The lowest BCUT2D eigenvalue weighted by Crippen LogP contribution is -2.41. The average Bonchev–Trinajstić information content (AvgIpc) is 3.15. The van der Waals surface area contributed by atoms with E-state index in [1.807, 2.05) is 0 Å². The number of rotatable bonds is 3. The highest BCUT2D eigenvalue weighted by atomic mass is 19.4. The standard InChI is InChI=1S/C21H22F3N3O2/c22-21(23,24)17-6-2-1-5-16(17)20(29)26-10-8-14(9-11-26)13-27-19(28)12-15-4-3-7-18(15)25-27/h1-2,5-6,12,14H,3-4,7-11,13H2. The number of likely N-dealkylation sites (tertiary alicyclic amines) is 1. The SMILES string of the molecule is O=C(c1ccccc1C(F)(F)F)N1CCC(Cn2nc3c(cc2=O)CCC3)CC1. The number of halogens is 3. The predicted molar refractivity (Wildman–Crippen MR) is 101 cm³/mol. The average molecular weight is 405 g/mol. The summed E-state index contributed by atoms with van der Waals surface area (Å²) in [6.45, 7) is 1.22. The van der Waals surface area contributed by atoms with Gasteiger partial charge in [-0.2, -0.15) is 18.3 Å². The minimum absolute atomic E-state index is 0.108. The molecular formula is C21H22F3N3O2. The Labute approximate surface area is 166 Å². The molecule has 0 spiro atoms. The summed E-state index contributed by atoms with van der Waals surface area (Å²) in [6, 6.07) is 6.56. The van der Waals surface area contributed by atoms with Gasteiger partial charge in [0.25, 0.3) is 11.5 Å². The summed E-state index contributed by atoms with van der Waals surface area (Å²) in [5.74, 6) is -0.425. The van der Waals surface area contributed by atoms with Gasteiger partial charge in [0.2, 0.25) is 0 Å². The second-order valence-corrected chi connectivity index (χ2v) is 7.77. The van der Waals surface area contributed by atoms with Crippen molar-refractivity contribution in [1.82, 2.24) is 14.7 Å². The van der Waals surface area contributed by atoms with Gasteiger partial charge < -0.3 is 4.90 Å². The lowest BCUT2D eigenvalue weighted by atomic mass is 9.95. The molecule has 8 heteroatoms. The minimum Gasteiger partial charge on any atom is -0.339 e. The molecular weight excluding hydrogens is 383 g/mol. The number of hydrogen-bond acceptors (Lipinski definition) is 3. The summed E-state index contributed by atoms with van der Waals surface area (Å²) in [7, 11) is 0. The second kappa shape index (κ2) is 7.65. The van der Waals surface area contributed by atoms with E-state index in [1.165, 1.54) is 27.8 Å². The van der Waals surface area contributed by atoms with Crippen molar-refractivity contribution in [3.05, 3.63) is 63.1 Å². The Balaban J connectivity index is 1.42. The van der Waals surface area contributed by atoms with E-state index in [4.69, 9.17) is 0 Å². The highest BCUT2D eigenvalue weighted by Crippen LogP contribution is 2.33. The van der Waals surface area contributed by atoms with Crippen molar-refractivity contribution < 1.29 is 18.0 Å². The van der Waals surface area contributed by atoms with E-state index in [0.717, 1.165) is 36.6 Å². The van der Waals surface area contributed by atoms with Crippen molar-refractivity contribution in [3.8, 4) is 0 Å². The summed E-state index contributed by atoms with van der Waals surface area (Å²) >= 11 is 0. The van der Waals surface area contributed by atoms with Crippen LogP contribution in [0.2, 0.25) is 0 Å². The molecule has 5 nitrogen and oxygen atoms in total. The monoisotopic (exact) mass is 405 g/mol. The number of fused-ring (bicyclic) bond motifs is 1. The fourth-order valence-corrected chi connectivity index (χ4v) is 4.22. The van der Waals surface area contributed by atoms with E-state index in [2.05, 4.69) is 5.10 Å². The molecule has 0 bridgehead atoms. The first-order valence-electron chi connectivity index (χ1n) is 9.88. The Kier molecular flexibility index (Phi) is 5.19. The molecule has 1 aromatic heterocycles. The normalized spacial score (nSPS) is 17.4. The smallest absolute Gasteiger partial charge is 0.339 e. The first-order valence-corrected chi connectivity index (χ1v) is 9.88. The maximum absolute atomic E-state index is 13.2. The zero-order valence-corrected chi connectivity index (χ0v) is 15.9. The predicted octanol–water partition coefficient (Wildman–Crippen LogP) is 3.30. The Morgan fingerprint density at radius 3 is 2.59 bits per heavy atom. The molecule has 1 aliphatic carbocycles. The zero-order chi connectivity index (χ0) is 20.6. The van der Waals surface area contributed by atoms with Crippen LogP contribution in [0.15, 0.2) is 35.1 Å². The number of hydrogen-bond donors (Lipinski definition) is 0. The van der Waals surface area contributed by atoms with Crippen molar-refractivity contribution >= 4 is 5.91 Å². The fourth-order valence-electron chi connectivity index (χ4n) is 4.22. The molecule has 1 fully saturated rings. The van der Waals surface area contributed by atoms with Gasteiger partial charge in [-0.05, 0) is 55.7 Å². The lowest BCUT2D eigenvalue weighted by molar-refractivity contribution is -0.138. The van der Waals surface area contributed by atoms with Crippen molar-refractivity contribution in [1.29, 1.82) is 0 Å². The quantitative estimate of drug-likeness (QED) is 0.787. The van der Waals surface area contributed by atoms with Gasteiger partial charge in [0.1, 0.15) is 0 Å². The third kappa shape index (κ3) is 4.06. The maximum atomic E-state index is 13.2. The molecule has 1 aliphatic heterocycles. The van der Waals surface area contributed by atoms with Crippen molar-refractivity contribution in [2.24, 2.45) is 5.92 Å².